The molecule has 0 atom stereocenters. The van der Waals surface area contributed by atoms with E-state index >= 15 is 0 Å². The van der Waals surface area contributed by atoms with Crippen LogP contribution in [-0.4, -0.2) is 47.4 Å². The lowest BCUT2D eigenvalue weighted by Crippen LogP contribution is -2.35. The highest BCUT2D eigenvalue weighted by Gasteiger charge is 2.16. The number of morpholine rings is 1. The second kappa shape index (κ2) is 9.67. The van der Waals surface area contributed by atoms with Gasteiger partial charge >= 0.3 is 0 Å². The van der Waals surface area contributed by atoms with Gasteiger partial charge in [-0.05, 0) is 52.1 Å². The summed E-state index contributed by atoms with van der Waals surface area (Å²) in [6, 6.07) is 12.9. The van der Waals surface area contributed by atoms with Gasteiger partial charge in [-0.2, -0.15) is 0 Å². The van der Waals surface area contributed by atoms with Crippen molar-refractivity contribution in [3.8, 4) is 0 Å². The molecule has 0 bridgehead atoms. The van der Waals surface area contributed by atoms with Crippen molar-refractivity contribution < 1.29 is 13.8 Å². The summed E-state index contributed by atoms with van der Waals surface area (Å²) in [4.78, 5) is 2.38. The van der Waals surface area contributed by atoms with E-state index in [1.807, 2.05) is 0 Å². The number of hydrogen-bond acceptors (Lipinski definition) is 7. The van der Waals surface area contributed by atoms with Crippen LogP contribution < -0.4 is 10.6 Å². The molecule has 4 rings (SSSR count). The first-order valence-electron chi connectivity index (χ1n) is 10.1. The number of nitrogens with one attached hydrogen (secondary N) is 3. The Morgan fingerprint density at radius 1 is 1.10 bits per heavy atom. The molecule has 0 amide bonds. The van der Waals surface area contributed by atoms with Crippen LogP contribution in [0, 0.1) is 18.2 Å². The molecule has 0 aliphatic carbocycles. The largest absolute Gasteiger partial charge is 0.379 e. The summed E-state index contributed by atoms with van der Waals surface area (Å²) in [7, 11) is 0. The molecule has 8 nitrogen and oxygen atoms in total. The summed E-state index contributed by atoms with van der Waals surface area (Å²) in [5.74, 6) is 0.0860. The van der Waals surface area contributed by atoms with Gasteiger partial charge in [0.1, 0.15) is 5.82 Å². The van der Waals surface area contributed by atoms with Crippen molar-refractivity contribution in [2.75, 3.05) is 36.9 Å². The van der Waals surface area contributed by atoms with Crippen LogP contribution in [0.1, 0.15) is 22.4 Å². The predicted molar refractivity (Wildman–Crippen MR) is 116 cm³/mol. The molecular formula is C22H25FN6O2. The number of hydrogen-bond donors (Lipinski definition) is 3. The van der Waals surface area contributed by atoms with E-state index in [1.54, 1.807) is 19.1 Å². The van der Waals surface area contributed by atoms with Gasteiger partial charge in [0.25, 0.3) is 0 Å². The molecule has 3 N–H and O–H groups in total. The number of anilines is 2. The first kappa shape index (κ1) is 21.0. The van der Waals surface area contributed by atoms with Gasteiger partial charge in [0.2, 0.25) is 5.82 Å². The second-order valence-corrected chi connectivity index (χ2v) is 7.48. The van der Waals surface area contributed by atoms with Gasteiger partial charge in [0.05, 0.1) is 13.2 Å². The van der Waals surface area contributed by atoms with E-state index in [-0.39, 0.29) is 17.3 Å². The van der Waals surface area contributed by atoms with Gasteiger partial charge in [-0.15, -0.1) is 0 Å². The second-order valence-electron chi connectivity index (χ2n) is 7.48. The number of nitrogens with zero attached hydrogens (tertiary/aromatic N) is 3. The molecular weight excluding hydrogens is 399 g/mol. The highest BCUT2D eigenvalue weighted by Crippen LogP contribution is 2.17. The summed E-state index contributed by atoms with van der Waals surface area (Å²) in [5, 5.41) is 22.0. The fourth-order valence-electron chi connectivity index (χ4n) is 3.36. The molecule has 1 aliphatic heterocycles. The average Bonchev–Trinajstić information content (AvgIpc) is 3.25. The highest BCUT2D eigenvalue weighted by molar-refractivity contribution is 6.07. The van der Waals surface area contributed by atoms with E-state index in [2.05, 4.69) is 50.1 Å². The first-order valence-corrected chi connectivity index (χ1v) is 10.1. The molecule has 0 radical (unpaired) electrons. The Balaban J connectivity index is 1.33. The van der Waals surface area contributed by atoms with Gasteiger partial charge in [-0.25, -0.2) is 9.02 Å². The Morgan fingerprint density at radius 3 is 2.58 bits per heavy atom. The van der Waals surface area contributed by atoms with Crippen molar-refractivity contribution in [1.82, 2.24) is 15.2 Å². The van der Waals surface area contributed by atoms with Crippen molar-refractivity contribution in [3.63, 3.8) is 0 Å². The molecule has 0 saturated carbocycles. The SMILES string of the molecule is Cc1cc(NC(=N)c2nonc2NCc2ccc(CN3CCOCC3)cc2)ccc1F. The lowest BCUT2D eigenvalue weighted by Gasteiger charge is -2.26. The molecule has 1 fully saturated rings. The first-order chi connectivity index (χ1) is 15.1. The molecule has 162 valence electrons. The van der Waals surface area contributed by atoms with E-state index in [9.17, 15) is 4.39 Å². The maximum atomic E-state index is 13.4. The van der Waals surface area contributed by atoms with Crippen LogP contribution in [0.4, 0.5) is 15.9 Å². The quantitative estimate of drug-likeness (QED) is 0.395. The van der Waals surface area contributed by atoms with Crippen LogP contribution in [0.25, 0.3) is 0 Å². The summed E-state index contributed by atoms with van der Waals surface area (Å²) < 4.78 is 23.7. The maximum Gasteiger partial charge on any atom is 0.202 e. The van der Waals surface area contributed by atoms with E-state index in [0.29, 0.717) is 23.6 Å². The van der Waals surface area contributed by atoms with Gasteiger partial charge in [-0.1, -0.05) is 24.3 Å². The van der Waals surface area contributed by atoms with Crippen molar-refractivity contribution in [2.45, 2.75) is 20.0 Å². The standard InChI is InChI=1S/C22H25FN6O2/c1-15-12-18(6-7-19(15)23)26-21(24)20-22(28-31-27-20)25-13-16-2-4-17(5-3-16)14-29-8-10-30-11-9-29/h2-7,12H,8-11,13-14H2,1H3,(H2,24,26)(H,25,28). The van der Waals surface area contributed by atoms with Crippen molar-refractivity contribution >= 4 is 17.3 Å². The molecule has 3 aromatic rings. The van der Waals surface area contributed by atoms with E-state index < -0.39 is 0 Å². The molecule has 2 heterocycles. The number of benzene rings is 2. The monoisotopic (exact) mass is 424 g/mol. The van der Waals surface area contributed by atoms with Crippen molar-refractivity contribution in [2.24, 2.45) is 0 Å². The number of ether oxygens (including phenoxy) is 1. The average molecular weight is 424 g/mol. The molecule has 2 aromatic carbocycles. The van der Waals surface area contributed by atoms with Crippen LogP contribution in [0.2, 0.25) is 0 Å². The Labute approximate surface area is 179 Å². The predicted octanol–water partition coefficient (Wildman–Crippen LogP) is 3.40. The van der Waals surface area contributed by atoms with Gasteiger partial charge in [-0.3, -0.25) is 10.3 Å². The lowest BCUT2D eigenvalue weighted by molar-refractivity contribution is 0.0342. The van der Waals surface area contributed by atoms with Crippen molar-refractivity contribution in [3.05, 3.63) is 70.7 Å². The fraction of sp³-hybridized carbons (Fsp3) is 0.318. The van der Waals surface area contributed by atoms with Gasteiger partial charge in [0.15, 0.2) is 11.5 Å². The zero-order chi connectivity index (χ0) is 21.6. The van der Waals surface area contributed by atoms with Crippen molar-refractivity contribution in [1.29, 1.82) is 5.41 Å². The third kappa shape index (κ3) is 5.44. The third-order valence-electron chi connectivity index (χ3n) is 5.15. The van der Waals surface area contributed by atoms with Crippen LogP contribution in [0.15, 0.2) is 47.1 Å². The zero-order valence-electron chi connectivity index (χ0n) is 17.3. The lowest BCUT2D eigenvalue weighted by atomic mass is 10.1. The maximum absolute atomic E-state index is 13.4. The zero-order valence-corrected chi connectivity index (χ0v) is 17.3. The fourth-order valence-corrected chi connectivity index (χ4v) is 3.36. The van der Waals surface area contributed by atoms with E-state index in [1.165, 1.54) is 11.6 Å². The minimum Gasteiger partial charge on any atom is -0.379 e. The smallest absolute Gasteiger partial charge is 0.202 e. The van der Waals surface area contributed by atoms with E-state index in [4.69, 9.17) is 14.8 Å². The molecule has 1 aromatic heterocycles. The topological polar surface area (TPSA) is 99.3 Å². The molecule has 0 unspecified atom stereocenters. The minimum atomic E-state index is -0.293. The minimum absolute atomic E-state index is 0.00983. The van der Waals surface area contributed by atoms with E-state index in [0.717, 1.165) is 38.4 Å². The Kier molecular flexibility index (Phi) is 6.54. The number of halogens is 1. The molecule has 1 aliphatic rings. The summed E-state index contributed by atoms with van der Waals surface area (Å²) in [6.07, 6.45) is 0. The van der Waals surface area contributed by atoms with Crippen LogP contribution in [-0.2, 0) is 17.8 Å². The normalized spacial score (nSPS) is 14.4. The Morgan fingerprint density at radius 2 is 1.84 bits per heavy atom. The Hall–Kier alpha value is -3.30. The molecule has 1 saturated heterocycles. The molecule has 0 spiro atoms. The van der Waals surface area contributed by atoms with Crippen LogP contribution in [0.5, 0.6) is 0 Å². The summed E-state index contributed by atoms with van der Waals surface area (Å²) in [5.41, 5.74) is 3.68. The summed E-state index contributed by atoms with van der Waals surface area (Å²) in [6.45, 7) is 6.61. The molecule has 9 heteroatoms. The van der Waals surface area contributed by atoms with Gasteiger partial charge in [0, 0.05) is 31.9 Å². The third-order valence-corrected chi connectivity index (χ3v) is 5.15. The number of aromatic nitrogens is 2. The Bertz CT molecular complexity index is 1030. The number of aryl methyl sites for hydroxylation is 1. The number of amidine groups is 1. The van der Waals surface area contributed by atoms with Gasteiger partial charge < -0.3 is 15.4 Å². The number of rotatable bonds is 7. The highest BCUT2D eigenvalue weighted by atomic mass is 19.1. The molecule has 31 heavy (non-hydrogen) atoms. The summed E-state index contributed by atoms with van der Waals surface area (Å²) >= 11 is 0. The van der Waals surface area contributed by atoms with Crippen LogP contribution >= 0.6 is 0 Å². The van der Waals surface area contributed by atoms with Crippen LogP contribution in [0.3, 0.4) is 0 Å².